The summed E-state index contributed by atoms with van der Waals surface area (Å²) in [6, 6.07) is 20.7. The molecule has 2 aromatic carbocycles. The molecular weight excluding hydrogens is 412 g/mol. The SMILES string of the molecule is c1ccc(-c2cnc(C3COc4ccc(Oc5ccnc(NC6CCC6)c5)cc4C3)[nH]2)cc1. The van der Waals surface area contributed by atoms with Crippen molar-refractivity contribution in [1.29, 1.82) is 0 Å². The van der Waals surface area contributed by atoms with Crippen LogP contribution in [0.15, 0.2) is 73.1 Å². The summed E-state index contributed by atoms with van der Waals surface area (Å²) in [5.41, 5.74) is 3.29. The van der Waals surface area contributed by atoms with Gasteiger partial charge in [0.25, 0.3) is 0 Å². The maximum atomic E-state index is 6.16. The van der Waals surface area contributed by atoms with Crippen LogP contribution in [0.3, 0.4) is 0 Å². The van der Waals surface area contributed by atoms with Gasteiger partial charge in [-0.3, -0.25) is 0 Å². The van der Waals surface area contributed by atoms with E-state index in [0.717, 1.165) is 52.1 Å². The number of benzene rings is 2. The average Bonchev–Trinajstić information content (AvgIpc) is 3.32. The molecule has 1 fully saturated rings. The molecule has 1 unspecified atom stereocenters. The molecule has 1 atom stereocenters. The van der Waals surface area contributed by atoms with Gasteiger partial charge in [-0.25, -0.2) is 9.97 Å². The second-order valence-electron chi connectivity index (χ2n) is 8.78. The highest BCUT2D eigenvalue weighted by Gasteiger charge is 2.24. The Balaban J connectivity index is 1.17. The van der Waals surface area contributed by atoms with Crippen molar-refractivity contribution in [3.8, 4) is 28.5 Å². The molecule has 33 heavy (non-hydrogen) atoms. The van der Waals surface area contributed by atoms with Gasteiger partial charge in [0.1, 0.15) is 28.9 Å². The van der Waals surface area contributed by atoms with Crippen LogP contribution in [0.25, 0.3) is 11.3 Å². The van der Waals surface area contributed by atoms with Crippen molar-refractivity contribution >= 4 is 5.82 Å². The van der Waals surface area contributed by atoms with Crippen LogP contribution in [0.5, 0.6) is 17.2 Å². The summed E-state index contributed by atoms with van der Waals surface area (Å²) in [6.45, 7) is 0.607. The lowest BCUT2D eigenvalue weighted by Gasteiger charge is -2.27. The molecule has 0 spiro atoms. The fraction of sp³-hybridized carbons (Fsp3) is 0.259. The lowest BCUT2D eigenvalue weighted by atomic mass is 9.93. The minimum Gasteiger partial charge on any atom is -0.493 e. The van der Waals surface area contributed by atoms with Crippen molar-refractivity contribution < 1.29 is 9.47 Å². The van der Waals surface area contributed by atoms with Crippen LogP contribution < -0.4 is 14.8 Å². The molecule has 6 nitrogen and oxygen atoms in total. The molecule has 2 aliphatic rings. The smallest absolute Gasteiger partial charge is 0.132 e. The molecule has 0 bridgehead atoms. The number of hydrogen-bond acceptors (Lipinski definition) is 5. The summed E-state index contributed by atoms with van der Waals surface area (Å²) in [7, 11) is 0. The molecule has 6 rings (SSSR count). The van der Waals surface area contributed by atoms with E-state index in [4.69, 9.17) is 9.47 Å². The van der Waals surface area contributed by atoms with Gasteiger partial charge in [-0.15, -0.1) is 0 Å². The molecule has 166 valence electrons. The number of nitrogens with zero attached hydrogens (tertiary/aromatic N) is 2. The predicted octanol–water partition coefficient (Wildman–Crippen LogP) is 5.95. The van der Waals surface area contributed by atoms with E-state index < -0.39 is 0 Å². The number of hydrogen-bond donors (Lipinski definition) is 2. The fourth-order valence-corrected chi connectivity index (χ4v) is 4.37. The summed E-state index contributed by atoms with van der Waals surface area (Å²) in [5.74, 6) is 4.47. The maximum absolute atomic E-state index is 6.16. The van der Waals surface area contributed by atoms with Crippen LogP contribution in [0.2, 0.25) is 0 Å². The van der Waals surface area contributed by atoms with E-state index in [1.165, 1.54) is 19.3 Å². The van der Waals surface area contributed by atoms with Crippen LogP contribution in [-0.4, -0.2) is 27.6 Å². The molecule has 1 aliphatic heterocycles. The fourth-order valence-electron chi connectivity index (χ4n) is 4.37. The quantitative estimate of drug-likeness (QED) is 0.389. The minimum absolute atomic E-state index is 0.171. The predicted molar refractivity (Wildman–Crippen MR) is 128 cm³/mol. The van der Waals surface area contributed by atoms with Crippen molar-refractivity contribution in [3.05, 3.63) is 84.4 Å². The number of H-pyrrole nitrogens is 1. The summed E-state index contributed by atoms with van der Waals surface area (Å²) in [6.07, 6.45) is 8.24. The molecule has 0 saturated heterocycles. The molecule has 6 heteroatoms. The number of ether oxygens (including phenoxy) is 2. The first-order valence-electron chi connectivity index (χ1n) is 11.6. The normalized spacial score (nSPS) is 17.5. The third-order valence-corrected chi connectivity index (χ3v) is 6.43. The summed E-state index contributed by atoms with van der Waals surface area (Å²) in [5, 5.41) is 3.47. The second kappa shape index (κ2) is 8.62. The molecule has 1 saturated carbocycles. The third-order valence-electron chi connectivity index (χ3n) is 6.43. The highest BCUT2D eigenvalue weighted by molar-refractivity contribution is 5.58. The molecule has 2 N–H and O–H groups in total. The van der Waals surface area contributed by atoms with E-state index in [2.05, 4.69) is 38.5 Å². The van der Waals surface area contributed by atoms with Crippen molar-refractivity contribution in [1.82, 2.24) is 15.0 Å². The number of anilines is 1. The number of imidazole rings is 1. The van der Waals surface area contributed by atoms with Crippen LogP contribution in [0.4, 0.5) is 5.82 Å². The van der Waals surface area contributed by atoms with Gasteiger partial charge in [-0.05, 0) is 61.1 Å². The zero-order valence-electron chi connectivity index (χ0n) is 18.3. The van der Waals surface area contributed by atoms with E-state index >= 15 is 0 Å². The van der Waals surface area contributed by atoms with Gasteiger partial charge in [0.05, 0.1) is 24.4 Å². The second-order valence-corrected chi connectivity index (χ2v) is 8.78. The van der Waals surface area contributed by atoms with Gasteiger partial charge < -0.3 is 19.8 Å². The number of nitrogens with one attached hydrogen (secondary N) is 2. The van der Waals surface area contributed by atoms with Crippen molar-refractivity contribution in [2.45, 2.75) is 37.6 Å². The van der Waals surface area contributed by atoms with E-state index in [1.54, 1.807) is 6.20 Å². The maximum Gasteiger partial charge on any atom is 0.132 e. The summed E-state index contributed by atoms with van der Waals surface area (Å²) >= 11 is 0. The van der Waals surface area contributed by atoms with Crippen molar-refractivity contribution in [3.63, 3.8) is 0 Å². The highest BCUT2D eigenvalue weighted by atomic mass is 16.5. The highest BCUT2D eigenvalue weighted by Crippen LogP contribution is 2.36. The largest absolute Gasteiger partial charge is 0.493 e. The topological polar surface area (TPSA) is 72.1 Å². The standard InChI is InChI=1S/C27H26N4O2/c1-2-5-18(6-3-1)24-16-29-27(31-24)20-13-19-14-22(9-10-25(19)32-17-20)33-23-11-12-28-26(15-23)30-21-7-4-8-21/h1-3,5-6,9-12,14-16,20-21H,4,7-8,13,17H2,(H,28,30)(H,29,31). The Bertz CT molecular complexity index is 1250. The Labute approximate surface area is 193 Å². The Morgan fingerprint density at radius 2 is 1.85 bits per heavy atom. The van der Waals surface area contributed by atoms with Crippen LogP contribution in [-0.2, 0) is 6.42 Å². The van der Waals surface area contributed by atoms with E-state index in [0.29, 0.717) is 12.6 Å². The average molecular weight is 439 g/mol. The van der Waals surface area contributed by atoms with Crippen LogP contribution in [0, 0.1) is 0 Å². The first-order chi connectivity index (χ1) is 16.3. The summed E-state index contributed by atoms with van der Waals surface area (Å²) in [4.78, 5) is 12.5. The number of fused-ring (bicyclic) bond motifs is 1. The van der Waals surface area contributed by atoms with Crippen molar-refractivity contribution in [2.24, 2.45) is 0 Å². The molecular formula is C27H26N4O2. The zero-order chi connectivity index (χ0) is 22.0. The van der Waals surface area contributed by atoms with Gasteiger partial charge in [0.15, 0.2) is 0 Å². The van der Waals surface area contributed by atoms with Crippen molar-refractivity contribution in [2.75, 3.05) is 11.9 Å². The Morgan fingerprint density at radius 3 is 2.70 bits per heavy atom. The number of pyridine rings is 1. The summed E-state index contributed by atoms with van der Waals surface area (Å²) < 4.78 is 12.2. The van der Waals surface area contributed by atoms with Gasteiger partial charge >= 0.3 is 0 Å². The third kappa shape index (κ3) is 4.29. The molecule has 0 amide bonds. The molecule has 1 aliphatic carbocycles. The lowest BCUT2D eigenvalue weighted by Crippen LogP contribution is -2.27. The Hall–Kier alpha value is -3.80. The monoisotopic (exact) mass is 438 g/mol. The van der Waals surface area contributed by atoms with E-state index in [-0.39, 0.29) is 5.92 Å². The van der Waals surface area contributed by atoms with Crippen LogP contribution >= 0.6 is 0 Å². The number of aromatic amines is 1. The molecule has 4 aromatic rings. The van der Waals surface area contributed by atoms with E-state index in [9.17, 15) is 0 Å². The van der Waals surface area contributed by atoms with Gasteiger partial charge in [0, 0.05) is 18.3 Å². The Kier molecular flexibility index (Phi) is 5.19. The lowest BCUT2D eigenvalue weighted by molar-refractivity contribution is 0.257. The molecule has 0 radical (unpaired) electrons. The van der Waals surface area contributed by atoms with Gasteiger partial charge in [0.2, 0.25) is 0 Å². The first kappa shape index (κ1) is 19.9. The van der Waals surface area contributed by atoms with Gasteiger partial charge in [-0.2, -0.15) is 0 Å². The van der Waals surface area contributed by atoms with Crippen LogP contribution in [0.1, 0.15) is 36.6 Å². The van der Waals surface area contributed by atoms with E-state index in [1.807, 2.05) is 48.7 Å². The number of aromatic nitrogens is 3. The molecule has 3 heterocycles. The number of rotatable bonds is 6. The first-order valence-corrected chi connectivity index (χ1v) is 11.6. The molecule has 2 aromatic heterocycles. The minimum atomic E-state index is 0.171. The Morgan fingerprint density at radius 1 is 0.970 bits per heavy atom. The zero-order valence-corrected chi connectivity index (χ0v) is 18.3. The van der Waals surface area contributed by atoms with Gasteiger partial charge in [-0.1, -0.05) is 30.3 Å².